The third-order valence-electron chi connectivity index (χ3n) is 12.3. The van der Waals surface area contributed by atoms with Crippen LogP contribution < -0.4 is 56.0 Å². The van der Waals surface area contributed by atoms with Crippen LogP contribution in [-0.2, 0) is 64.1 Å². The number of esters is 2. The number of phenols is 4. The standard InChI is InChI=1S/C13H14F4O3.C12H12F4O3.C9H8F4O.C9H10F2O2.C9H8F2O2.C7H4F2O2.C4H8O3.C2H5.CH4O.BrH.Mg.Mn.Na.H2O.2O.H2S/c1-4-13(16,17)8-5-9(14)10(15)6-11(8)20-7(2)12(18)19-3;1-3-12(15,16)7-4-8(13)9(14)5-10(7)19-6(2)11(17)18;1-2-9(12,13)5-3-6(10)7(11)4-8(5)14;2*1-2-8(12)5-3-6(10)7(11)4-9(5)13;8-5-1-4(3-10)7(11)2-6(5)9;1-3(5)4(6)7-2;2*1-2;;;;;;;;/h5-7H,4H2,1-3H3;4-6H,3H2,1-2H3,(H,17,18);3-4,14H,2H2,1H3;3-4,8,12-13H,2H2,1H3;3-4,13H,2H2,1H3;1-3,11H;3,5H,1-2H3;1H2,2H3;2H,1H3;1H;;;;1H2;;;1H2/q;;;;;;;-1;;;+2;;+1;;;;/p-2/t7-;6-;;;;;3-;;;;;;;;;;/m00....1........../s1. The van der Waals surface area contributed by atoms with Crippen molar-refractivity contribution < 1.29 is 237 Å². The van der Waals surface area contributed by atoms with Crippen molar-refractivity contribution in [3.05, 3.63) is 183 Å². The van der Waals surface area contributed by atoms with Gasteiger partial charge in [0.15, 0.2) is 94.1 Å². The van der Waals surface area contributed by atoms with Crippen molar-refractivity contribution in [2.75, 3.05) is 21.3 Å². The molecule has 1 unspecified atom stereocenters. The van der Waals surface area contributed by atoms with Gasteiger partial charge in [-0.1, -0.05) is 34.6 Å². The quantitative estimate of drug-likeness (QED) is 0.00992. The molecule has 20 nitrogen and oxygen atoms in total. The van der Waals surface area contributed by atoms with Crippen molar-refractivity contribution in [2.45, 2.75) is 137 Å². The first-order chi connectivity index (χ1) is 48.1. The molecule has 0 saturated carbocycles. The molecule has 0 aliphatic carbocycles. The topological polar surface area (TPSA) is 348 Å². The first-order valence-electron chi connectivity index (χ1n) is 29.1. The molecule has 6 rings (SSSR count). The summed E-state index contributed by atoms with van der Waals surface area (Å²) in [5.74, 6) is -32.3. The number of hydrogen-bond acceptors (Lipinski definition) is 19. The van der Waals surface area contributed by atoms with Gasteiger partial charge < -0.3 is 89.2 Å². The number of aliphatic hydroxyl groups excluding tert-OH is 3. The summed E-state index contributed by atoms with van der Waals surface area (Å²) in [6.45, 7) is 15.5. The van der Waals surface area contributed by atoms with Gasteiger partial charge in [-0.3, -0.25) is 9.59 Å². The number of carbonyl (C=O) groups excluding carboxylic acids is 4. The summed E-state index contributed by atoms with van der Waals surface area (Å²) in [7, 11) is 3.32. The molecule has 4 atom stereocenters. The number of Topliss-reactive ketones (excluding diaryl/α,β-unsaturated/α-hetero) is 1. The van der Waals surface area contributed by atoms with E-state index in [1.807, 2.05) is 0 Å². The number of hydrogen-bond donors (Lipinski definition) is 8. The number of aliphatic carboxylic acids is 1. The van der Waals surface area contributed by atoms with E-state index in [2.05, 4.69) is 16.4 Å². The molecule has 109 heavy (non-hydrogen) atoms. The number of ether oxygens (including phenoxy) is 4. The van der Waals surface area contributed by atoms with Gasteiger partial charge in [0.1, 0.15) is 40.6 Å². The van der Waals surface area contributed by atoms with Gasteiger partial charge in [-0.25, -0.2) is 93.4 Å². The molecule has 0 fully saturated rings. The van der Waals surface area contributed by atoms with Crippen molar-refractivity contribution in [1.29, 1.82) is 0 Å². The van der Waals surface area contributed by atoms with Gasteiger partial charge in [-0.15, -0.1) is 0 Å². The van der Waals surface area contributed by atoms with Crippen molar-refractivity contribution in [3.63, 3.8) is 0 Å². The van der Waals surface area contributed by atoms with Gasteiger partial charge in [0.05, 0.1) is 48.1 Å². The van der Waals surface area contributed by atoms with Crippen LogP contribution >= 0.6 is 13.5 Å². The minimum atomic E-state index is -3.44. The van der Waals surface area contributed by atoms with E-state index >= 15 is 0 Å². The fraction of sp³-hybridized carbons (Fsp3) is 0.364. The maximum absolute atomic E-state index is 13.7. The molecular weight excluding hydrogens is 1670 g/mol. The van der Waals surface area contributed by atoms with Crippen LogP contribution in [0.4, 0.5) is 79.0 Å². The van der Waals surface area contributed by atoms with Crippen LogP contribution in [0.3, 0.4) is 0 Å². The van der Waals surface area contributed by atoms with E-state index in [1.54, 1.807) is 20.8 Å². The Kier molecular flexibility index (Phi) is 66.2. The summed E-state index contributed by atoms with van der Waals surface area (Å²) in [4.78, 5) is 52.9. The molecule has 0 radical (unpaired) electrons. The van der Waals surface area contributed by atoms with Gasteiger partial charge in [0.25, 0.3) is 17.8 Å². The third-order valence-corrected chi connectivity index (χ3v) is 12.3. The van der Waals surface area contributed by atoms with Gasteiger partial charge in [-0.05, 0) is 63.6 Å². The Morgan fingerprint density at radius 2 is 0.789 bits per heavy atom. The molecule has 0 aromatic heterocycles. The molecule has 0 saturated heterocycles. The molecule has 0 aliphatic heterocycles. The van der Waals surface area contributed by atoms with Gasteiger partial charge in [0, 0.05) is 74.8 Å². The number of benzene rings is 6. The summed E-state index contributed by atoms with van der Waals surface area (Å²) in [6, 6.07) is 6.22. The zero-order valence-electron chi connectivity index (χ0n) is 59.8. The molecule has 0 spiro atoms. The Morgan fingerprint density at radius 1 is 0.495 bits per heavy atom. The predicted octanol–water partition coefficient (Wildman–Crippen LogP) is 9.07. The number of halogens is 19. The van der Waals surface area contributed by atoms with Crippen LogP contribution in [0.25, 0.3) is 0 Å². The Hall–Kier alpha value is -6.83. The molecule has 6 aromatic rings. The molecule has 0 heterocycles. The van der Waals surface area contributed by atoms with E-state index in [1.165, 1.54) is 34.8 Å². The van der Waals surface area contributed by atoms with E-state index in [4.69, 9.17) is 52.9 Å². The van der Waals surface area contributed by atoms with Gasteiger partial charge in [-0.2, -0.15) is 20.4 Å². The van der Waals surface area contributed by atoms with Crippen LogP contribution in [0.5, 0.6) is 34.5 Å². The second kappa shape index (κ2) is 59.9. The van der Waals surface area contributed by atoms with Crippen molar-refractivity contribution in [3.8, 4) is 34.5 Å². The van der Waals surface area contributed by atoms with Crippen molar-refractivity contribution in [1.82, 2.24) is 0 Å². The molecule has 6 aromatic carbocycles. The Balaban J connectivity index is -0.000000152. The summed E-state index contributed by atoms with van der Waals surface area (Å²) in [6.07, 6.45) is -5.80. The molecule has 9 N–H and O–H groups in total. The summed E-state index contributed by atoms with van der Waals surface area (Å²) >= 11 is -1.44. The molecule has 0 aliphatic rings. The van der Waals surface area contributed by atoms with E-state index in [0.29, 0.717) is 73.2 Å². The monoisotopic (exact) mass is 1740 g/mol. The number of phenolic OH excluding ortho intramolecular Hbond substituents is 4. The van der Waals surface area contributed by atoms with E-state index < -0.39 is 221 Å². The summed E-state index contributed by atoms with van der Waals surface area (Å²) in [5, 5.41) is 69.3. The number of carboxylic acid groups (broad SMARTS) is 1. The number of carbonyl (C=O) groups is 5. The van der Waals surface area contributed by atoms with Crippen LogP contribution in [0.15, 0.2) is 72.8 Å². The normalized spacial score (nSPS) is 11.0. The predicted molar refractivity (Wildman–Crippen MR) is 345 cm³/mol. The molecule has 43 heteroatoms. The molecule has 0 amide bonds. The number of aldehydes is 1. The van der Waals surface area contributed by atoms with Crippen molar-refractivity contribution in [2.24, 2.45) is 0 Å². The first kappa shape index (κ1) is 120. The Labute approximate surface area is 674 Å². The van der Waals surface area contributed by atoms with Crippen LogP contribution in [-0.4, -0.2) is 139 Å². The second-order valence-electron chi connectivity index (χ2n) is 19.4. The zero-order valence-corrected chi connectivity index (χ0v) is 67.0. The summed E-state index contributed by atoms with van der Waals surface area (Å²) in [5.41, 5.74) is -3.00. The average molecular weight is 1750 g/mol. The molecular formula is C66H76BrF18MgMnNaO20S. The Morgan fingerprint density at radius 3 is 1.11 bits per heavy atom. The zero-order chi connectivity index (χ0) is 82.2. The Bertz CT molecular complexity index is 3780. The molecule has 0 bridgehead atoms. The number of alkyl halides is 6. The number of aromatic hydroxyl groups is 4. The first-order valence-corrected chi connectivity index (χ1v) is 30.1. The van der Waals surface area contributed by atoms with Crippen molar-refractivity contribution >= 4 is 66.5 Å². The SMILES string of the molecule is CCC(=O)c1cc(F)c(F)cc1O.CCC(F)(F)c1cc(F)c(F)cc1O.CCC(F)(F)c1cc(F)c(F)cc1O[C@@H](C)C(=O)O.CCC(F)(F)c1cc(F)c(F)cc1O[C@@H](C)C(=O)OC.CCC(O)c1cc(F)c(F)cc1O.CO.COC(=O)[C@@H](C)O.O=Cc1cc(F)c(F)cc1O.S.[Br-].[CH2-]C.[Mg+2].[Na+].[OH-].[O]=[Mn]=[O]. The van der Waals surface area contributed by atoms with E-state index in [0.717, 1.165) is 34.1 Å². The van der Waals surface area contributed by atoms with Crippen LogP contribution in [0.1, 0.15) is 143 Å². The van der Waals surface area contributed by atoms with E-state index in [9.17, 15) is 108 Å². The average Bonchev–Trinajstić information content (AvgIpc) is 0.799. The van der Waals surface area contributed by atoms with Gasteiger partial charge in [0.2, 0.25) is 0 Å². The fourth-order valence-corrected chi connectivity index (χ4v) is 6.68. The minimum absolute atomic E-state index is 0. The maximum atomic E-state index is 13.7. The van der Waals surface area contributed by atoms with Crippen LogP contribution in [0.2, 0.25) is 0 Å². The number of methoxy groups -OCH3 is 2. The number of ketones is 1. The second-order valence-corrected chi connectivity index (χ2v) is 19.6. The van der Waals surface area contributed by atoms with E-state index in [-0.39, 0.29) is 118 Å². The van der Waals surface area contributed by atoms with Gasteiger partial charge >= 0.3 is 93.0 Å². The fourth-order valence-electron chi connectivity index (χ4n) is 6.68. The summed E-state index contributed by atoms with van der Waals surface area (Å²) < 4.78 is 268. The van der Waals surface area contributed by atoms with Crippen LogP contribution in [0, 0.1) is 76.7 Å². The number of carboxylic acids is 1. The third kappa shape index (κ3) is 41.9. The number of aliphatic hydroxyl groups is 3. The number of rotatable bonds is 18. The molecule has 609 valence electrons.